The number of amides is 1. The summed E-state index contributed by atoms with van der Waals surface area (Å²) in [5.41, 5.74) is 0. The summed E-state index contributed by atoms with van der Waals surface area (Å²) in [6.45, 7) is 2.86. The molecule has 16 heavy (non-hydrogen) atoms. The number of nitrogens with one attached hydrogen (secondary N) is 2. The first-order valence-electron chi connectivity index (χ1n) is 5.68. The van der Waals surface area contributed by atoms with E-state index in [4.69, 9.17) is 4.42 Å². The molecule has 1 atom stereocenters. The van der Waals surface area contributed by atoms with Crippen LogP contribution in [-0.4, -0.2) is 25.5 Å². The molecule has 2 N–H and O–H groups in total. The van der Waals surface area contributed by atoms with Crippen molar-refractivity contribution in [3.63, 3.8) is 0 Å². The fourth-order valence-corrected chi connectivity index (χ4v) is 1.55. The molecule has 90 valence electrons. The lowest BCUT2D eigenvalue weighted by Gasteiger charge is -2.12. The van der Waals surface area contributed by atoms with Gasteiger partial charge in [-0.05, 0) is 39.1 Å². The Morgan fingerprint density at radius 2 is 2.38 bits per heavy atom. The Bertz CT molecular complexity index is 296. The Morgan fingerprint density at radius 1 is 1.56 bits per heavy atom. The van der Waals surface area contributed by atoms with Crippen LogP contribution in [0, 0.1) is 0 Å². The van der Waals surface area contributed by atoms with Gasteiger partial charge in [-0.1, -0.05) is 0 Å². The second-order valence-electron chi connectivity index (χ2n) is 3.96. The average molecular weight is 224 g/mol. The fraction of sp³-hybridized carbons (Fsp3) is 0.583. The van der Waals surface area contributed by atoms with Crippen molar-refractivity contribution in [1.29, 1.82) is 0 Å². The smallest absolute Gasteiger partial charge is 0.220 e. The van der Waals surface area contributed by atoms with E-state index in [1.54, 1.807) is 6.26 Å². The van der Waals surface area contributed by atoms with E-state index in [-0.39, 0.29) is 11.9 Å². The molecule has 0 saturated heterocycles. The van der Waals surface area contributed by atoms with Gasteiger partial charge in [-0.25, -0.2) is 0 Å². The van der Waals surface area contributed by atoms with Gasteiger partial charge in [0, 0.05) is 18.9 Å². The third-order valence-electron chi connectivity index (χ3n) is 2.33. The van der Waals surface area contributed by atoms with E-state index >= 15 is 0 Å². The molecule has 0 fully saturated rings. The van der Waals surface area contributed by atoms with Crippen molar-refractivity contribution in [2.75, 3.05) is 13.6 Å². The van der Waals surface area contributed by atoms with Gasteiger partial charge < -0.3 is 15.1 Å². The summed E-state index contributed by atoms with van der Waals surface area (Å²) in [5.74, 6) is 1.01. The molecule has 0 bridgehead atoms. The molecule has 1 aromatic heterocycles. The van der Waals surface area contributed by atoms with Gasteiger partial charge in [0.1, 0.15) is 5.76 Å². The molecule has 0 aliphatic rings. The van der Waals surface area contributed by atoms with Gasteiger partial charge in [-0.15, -0.1) is 0 Å². The van der Waals surface area contributed by atoms with E-state index in [1.165, 1.54) is 0 Å². The lowest BCUT2D eigenvalue weighted by atomic mass is 10.2. The predicted molar refractivity (Wildman–Crippen MR) is 63.2 cm³/mol. The minimum absolute atomic E-state index is 0.106. The standard InChI is InChI=1S/C12H20N2O2/c1-10(9-11-5-4-8-16-11)14-12(15)6-3-7-13-2/h4-5,8,10,13H,3,6-7,9H2,1-2H3,(H,14,15). The molecule has 1 rings (SSSR count). The van der Waals surface area contributed by atoms with Gasteiger partial charge in [0.05, 0.1) is 6.26 Å². The molecule has 0 aliphatic heterocycles. The van der Waals surface area contributed by atoms with Crippen LogP contribution in [0.4, 0.5) is 0 Å². The number of carbonyl (C=O) groups excluding carboxylic acids is 1. The molecule has 1 unspecified atom stereocenters. The van der Waals surface area contributed by atoms with Crippen molar-refractivity contribution in [3.8, 4) is 0 Å². The maximum atomic E-state index is 11.5. The Kier molecular flexibility index (Phi) is 5.64. The van der Waals surface area contributed by atoms with Gasteiger partial charge in [0.2, 0.25) is 5.91 Å². The number of carbonyl (C=O) groups is 1. The Hall–Kier alpha value is -1.29. The predicted octanol–water partition coefficient (Wildman–Crippen LogP) is 1.33. The number of rotatable bonds is 7. The van der Waals surface area contributed by atoms with Crippen LogP contribution >= 0.6 is 0 Å². The lowest BCUT2D eigenvalue weighted by Crippen LogP contribution is -2.34. The zero-order chi connectivity index (χ0) is 11.8. The topological polar surface area (TPSA) is 54.3 Å². The van der Waals surface area contributed by atoms with Gasteiger partial charge in [-0.2, -0.15) is 0 Å². The highest BCUT2D eigenvalue weighted by Crippen LogP contribution is 2.04. The summed E-state index contributed by atoms with van der Waals surface area (Å²) in [6.07, 6.45) is 3.83. The first kappa shape index (κ1) is 12.8. The molecule has 1 aromatic rings. The fourth-order valence-electron chi connectivity index (χ4n) is 1.55. The quantitative estimate of drug-likeness (QED) is 0.687. The Labute approximate surface area is 96.4 Å². The third-order valence-corrected chi connectivity index (χ3v) is 2.33. The van der Waals surface area contributed by atoms with E-state index < -0.39 is 0 Å². The van der Waals surface area contributed by atoms with Crippen molar-refractivity contribution in [1.82, 2.24) is 10.6 Å². The number of hydrogen-bond acceptors (Lipinski definition) is 3. The molecule has 4 heteroatoms. The third kappa shape index (κ3) is 4.98. The van der Waals surface area contributed by atoms with E-state index in [1.807, 2.05) is 26.1 Å². The van der Waals surface area contributed by atoms with Crippen molar-refractivity contribution >= 4 is 5.91 Å². The zero-order valence-electron chi connectivity index (χ0n) is 9.95. The highest BCUT2D eigenvalue weighted by molar-refractivity contribution is 5.76. The zero-order valence-corrected chi connectivity index (χ0v) is 9.95. The summed E-state index contributed by atoms with van der Waals surface area (Å²) >= 11 is 0. The second kappa shape index (κ2) is 7.06. The molecule has 4 nitrogen and oxygen atoms in total. The van der Waals surface area contributed by atoms with E-state index in [9.17, 15) is 4.79 Å². The van der Waals surface area contributed by atoms with E-state index in [0.29, 0.717) is 6.42 Å². The summed E-state index contributed by atoms with van der Waals surface area (Å²) in [7, 11) is 1.89. The maximum absolute atomic E-state index is 11.5. The Balaban J connectivity index is 2.18. The number of furan rings is 1. The maximum Gasteiger partial charge on any atom is 0.220 e. The monoisotopic (exact) mass is 224 g/mol. The van der Waals surface area contributed by atoms with Crippen LogP contribution in [0.1, 0.15) is 25.5 Å². The summed E-state index contributed by atoms with van der Waals surface area (Å²) in [5, 5.41) is 5.97. The van der Waals surface area contributed by atoms with Crippen LogP contribution in [0.3, 0.4) is 0 Å². The molecule has 0 radical (unpaired) electrons. The SMILES string of the molecule is CNCCCC(=O)NC(C)Cc1ccco1. The molecule has 1 heterocycles. The normalized spacial score (nSPS) is 12.4. The van der Waals surface area contributed by atoms with Gasteiger partial charge in [-0.3, -0.25) is 4.79 Å². The molecular formula is C12H20N2O2. The first-order chi connectivity index (χ1) is 7.72. The first-order valence-corrected chi connectivity index (χ1v) is 5.68. The molecule has 1 amide bonds. The molecular weight excluding hydrogens is 204 g/mol. The summed E-state index contributed by atoms with van der Waals surface area (Å²) in [6, 6.07) is 3.90. The van der Waals surface area contributed by atoms with Crippen LogP contribution in [0.2, 0.25) is 0 Å². The van der Waals surface area contributed by atoms with Crippen molar-refractivity contribution < 1.29 is 9.21 Å². The Morgan fingerprint density at radius 3 is 3.00 bits per heavy atom. The van der Waals surface area contributed by atoms with Crippen LogP contribution in [0.25, 0.3) is 0 Å². The van der Waals surface area contributed by atoms with E-state index in [2.05, 4.69) is 10.6 Å². The molecule has 0 aliphatic carbocycles. The van der Waals surface area contributed by atoms with Crippen LogP contribution < -0.4 is 10.6 Å². The highest BCUT2D eigenvalue weighted by Gasteiger charge is 2.08. The van der Waals surface area contributed by atoms with Crippen molar-refractivity contribution in [3.05, 3.63) is 24.2 Å². The van der Waals surface area contributed by atoms with Crippen LogP contribution in [0.5, 0.6) is 0 Å². The van der Waals surface area contributed by atoms with E-state index in [0.717, 1.165) is 25.1 Å². The minimum atomic E-state index is 0.106. The minimum Gasteiger partial charge on any atom is -0.469 e. The number of hydrogen-bond donors (Lipinski definition) is 2. The van der Waals surface area contributed by atoms with Crippen LogP contribution in [0.15, 0.2) is 22.8 Å². The lowest BCUT2D eigenvalue weighted by molar-refractivity contribution is -0.121. The van der Waals surface area contributed by atoms with Crippen molar-refractivity contribution in [2.45, 2.75) is 32.2 Å². The largest absolute Gasteiger partial charge is 0.469 e. The summed E-state index contributed by atoms with van der Waals surface area (Å²) in [4.78, 5) is 11.5. The van der Waals surface area contributed by atoms with Crippen LogP contribution in [-0.2, 0) is 11.2 Å². The van der Waals surface area contributed by atoms with Gasteiger partial charge >= 0.3 is 0 Å². The summed E-state index contributed by atoms with van der Waals surface area (Å²) < 4.78 is 5.22. The molecule has 0 aromatic carbocycles. The second-order valence-corrected chi connectivity index (χ2v) is 3.96. The molecule has 0 saturated carbocycles. The van der Waals surface area contributed by atoms with Gasteiger partial charge in [0.15, 0.2) is 0 Å². The highest BCUT2D eigenvalue weighted by atomic mass is 16.3. The van der Waals surface area contributed by atoms with Crippen molar-refractivity contribution in [2.24, 2.45) is 0 Å². The van der Waals surface area contributed by atoms with Gasteiger partial charge in [0.25, 0.3) is 0 Å². The molecule has 0 spiro atoms. The average Bonchev–Trinajstić information content (AvgIpc) is 2.70.